The summed E-state index contributed by atoms with van der Waals surface area (Å²) in [4.78, 5) is 4.25. The van der Waals surface area contributed by atoms with Gasteiger partial charge in [0.05, 0.1) is 6.54 Å². The molecule has 3 N–H and O–H groups in total. The Morgan fingerprint density at radius 2 is 2.17 bits per heavy atom. The maximum atomic E-state index is 9.93. The fraction of sp³-hybridized carbons (Fsp3) is 0.385. The second-order valence-electron chi connectivity index (χ2n) is 4.90. The van der Waals surface area contributed by atoms with Gasteiger partial charge in [-0.05, 0) is 18.1 Å². The van der Waals surface area contributed by atoms with Crippen molar-refractivity contribution in [2.24, 2.45) is 0 Å². The molecule has 18 heavy (non-hydrogen) atoms. The third-order valence-corrected chi connectivity index (χ3v) is 3.57. The monoisotopic (exact) mass is 244 g/mol. The van der Waals surface area contributed by atoms with E-state index in [9.17, 15) is 5.11 Å². The van der Waals surface area contributed by atoms with E-state index in [4.69, 9.17) is 5.73 Å². The molecule has 0 fully saturated rings. The minimum Gasteiger partial charge on any atom is -0.508 e. The lowest BCUT2D eigenvalue weighted by Crippen LogP contribution is -2.22. The second-order valence-corrected chi connectivity index (χ2v) is 4.90. The number of aromatic nitrogens is 3. The first kappa shape index (κ1) is 11.1. The molecule has 0 radical (unpaired) electrons. The average molecular weight is 244 g/mol. The molecular weight excluding hydrogens is 228 g/mol. The van der Waals surface area contributed by atoms with Gasteiger partial charge in [-0.25, -0.2) is 4.68 Å². The van der Waals surface area contributed by atoms with Crippen LogP contribution in [0.25, 0.3) is 0 Å². The molecule has 0 bridgehead atoms. The first-order valence-corrected chi connectivity index (χ1v) is 6.13. The van der Waals surface area contributed by atoms with Gasteiger partial charge in [0.15, 0.2) is 0 Å². The number of hydrogen-bond acceptors (Lipinski definition) is 4. The summed E-state index contributed by atoms with van der Waals surface area (Å²) in [5, 5.41) is 14.1. The van der Waals surface area contributed by atoms with Crippen LogP contribution in [0, 0.1) is 0 Å². The first-order chi connectivity index (χ1) is 8.65. The number of anilines is 1. The van der Waals surface area contributed by atoms with Crippen LogP contribution in [0.5, 0.6) is 5.75 Å². The number of phenolic OH excluding ortho intramolecular Hbond substituents is 1. The number of fused-ring (bicyclic) bond motifs is 1. The Labute approximate surface area is 105 Å². The van der Waals surface area contributed by atoms with Crippen molar-refractivity contribution in [3.05, 3.63) is 35.7 Å². The van der Waals surface area contributed by atoms with E-state index in [1.54, 1.807) is 6.07 Å². The SMILES string of the molecule is CC1CC(c2ccccc2O)Cn2nc(N)nc21. The zero-order valence-corrected chi connectivity index (χ0v) is 10.2. The van der Waals surface area contributed by atoms with Crippen molar-refractivity contribution in [3.63, 3.8) is 0 Å². The number of nitrogen functional groups attached to an aromatic ring is 1. The number of hydrogen-bond donors (Lipinski definition) is 2. The summed E-state index contributed by atoms with van der Waals surface area (Å²) in [6, 6.07) is 7.48. The first-order valence-electron chi connectivity index (χ1n) is 6.13. The minimum atomic E-state index is 0.259. The Bertz CT molecular complexity index is 578. The molecule has 5 heteroatoms. The molecule has 1 aromatic heterocycles. The summed E-state index contributed by atoms with van der Waals surface area (Å²) in [7, 11) is 0. The molecule has 0 spiro atoms. The van der Waals surface area contributed by atoms with Crippen molar-refractivity contribution in [2.45, 2.75) is 31.7 Å². The van der Waals surface area contributed by atoms with Gasteiger partial charge >= 0.3 is 0 Å². The molecule has 3 rings (SSSR count). The normalized spacial score (nSPS) is 22.7. The van der Waals surface area contributed by atoms with Crippen LogP contribution < -0.4 is 5.73 Å². The number of para-hydroxylation sites is 1. The summed E-state index contributed by atoms with van der Waals surface area (Å²) in [6.45, 7) is 2.84. The van der Waals surface area contributed by atoms with Gasteiger partial charge in [0, 0.05) is 11.8 Å². The molecule has 2 atom stereocenters. The number of benzene rings is 1. The molecule has 0 amide bonds. The smallest absolute Gasteiger partial charge is 0.239 e. The van der Waals surface area contributed by atoms with E-state index >= 15 is 0 Å². The van der Waals surface area contributed by atoms with Crippen molar-refractivity contribution < 1.29 is 5.11 Å². The summed E-state index contributed by atoms with van der Waals surface area (Å²) < 4.78 is 1.86. The Morgan fingerprint density at radius 3 is 2.94 bits per heavy atom. The van der Waals surface area contributed by atoms with E-state index in [1.807, 2.05) is 22.9 Å². The Morgan fingerprint density at radius 1 is 1.39 bits per heavy atom. The van der Waals surface area contributed by atoms with Gasteiger partial charge in [-0.1, -0.05) is 25.1 Å². The number of nitrogens with zero attached hydrogens (tertiary/aromatic N) is 3. The number of aromatic hydroxyl groups is 1. The summed E-state index contributed by atoms with van der Waals surface area (Å²) in [5.41, 5.74) is 6.62. The van der Waals surface area contributed by atoms with Crippen LogP contribution in [-0.2, 0) is 6.54 Å². The van der Waals surface area contributed by atoms with Crippen molar-refractivity contribution in [1.82, 2.24) is 14.8 Å². The Balaban J connectivity index is 1.97. The highest BCUT2D eigenvalue weighted by molar-refractivity contribution is 5.36. The zero-order chi connectivity index (χ0) is 12.7. The molecule has 2 unspecified atom stereocenters. The van der Waals surface area contributed by atoms with E-state index in [0.29, 0.717) is 17.6 Å². The van der Waals surface area contributed by atoms with Gasteiger partial charge in [-0.3, -0.25) is 0 Å². The molecule has 0 saturated carbocycles. The maximum absolute atomic E-state index is 9.93. The summed E-state index contributed by atoms with van der Waals surface area (Å²) in [5.74, 6) is 2.18. The van der Waals surface area contributed by atoms with Crippen molar-refractivity contribution in [2.75, 3.05) is 5.73 Å². The summed E-state index contributed by atoms with van der Waals surface area (Å²) in [6.07, 6.45) is 0.954. The lowest BCUT2D eigenvalue weighted by atomic mass is 9.86. The van der Waals surface area contributed by atoms with E-state index < -0.39 is 0 Å². The summed E-state index contributed by atoms with van der Waals surface area (Å²) >= 11 is 0. The van der Waals surface area contributed by atoms with Gasteiger partial charge in [0.1, 0.15) is 11.6 Å². The zero-order valence-electron chi connectivity index (χ0n) is 10.2. The van der Waals surface area contributed by atoms with Crippen LogP contribution in [0.1, 0.15) is 36.6 Å². The predicted octanol–water partition coefficient (Wildman–Crippen LogP) is 1.86. The Hall–Kier alpha value is -2.04. The second kappa shape index (κ2) is 4.01. The molecule has 1 aliphatic rings. The number of rotatable bonds is 1. The predicted molar refractivity (Wildman–Crippen MR) is 68.3 cm³/mol. The maximum Gasteiger partial charge on any atom is 0.239 e. The fourth-order valence-corrected chi connectivity index (χ4v) is 2.74. The third kappa shape index (κ3) is 1.72. The van der Waals surface area contributed by atoms with Gasteiger partial charge in [0.25, 0.3) is 0 Å². The average Bonchev–Trinajstić information content (AvgIpc) is 2.71. The lowest BCUT2D eigenvalue weighted by Gasteiger charge is -2.27. The van der Waals surface area contributed by atoms with E-state index in [2.05, 4.69) is 17.0 Å². The highest BCUT2D eigenvalue weighted by atomic mass is 16.3. The van der Waals surface area contributed by atoms with Crippen molar-refractivity contribution in [1.29, 1.82) is 0 Å². The molecule has 5 nitrogen and oxygen atoms in total. The van der Waals surface area contributed by atoms with Crippen molar-refractivity contribution in [3.8, 4) is 5.75 Å². The molecule has 2 heterocycles. The Kier molecular flexibility index (Phi) is 2.47. The van der Waals surface area contributed by atoms with Crippen molar-refractivity contribution >= 4 is 5.95 Å². The standard InChI is InChI=1S/C13H16N4O/c1-8-6-9(10-4-2-3-5-11(10)18)7-17-12(8)15-13(14)16-17/h2-5,8-9,18H,6-7H2,1H3,(H2,14,16). The molecule has 0 aliphatic carbocycles. The van der Waals surface area contributed by atoms with E-state index in [0.717, 1.165) is 24.4 Å². The van der Waals surface area contributed by atoms with Crippen LogP contribution in [0.15, 0.2) is 24.3 Å². The van der Waals surface area contributed by atoms with Gasteiger partial charge in [-0.15, -0.1) is 5.10 Å². The number of phenols is 1. The van der Waals surface area contributed by atoms with Crippen LogP contribution in [0.4, 0.5) is 5.95 Å². The quantitative estimate of drug-likeness (QED) is 0.802. The number of nitrogens with two attached hydrogens (primary N) is 1. The molecular formula is C13H16N4O. The minimum absolute atomic E-state index is 0.259. The van der Waals surface area contributed by atoms with Crippen LogP contribution in [-0.4, -0.2) is 19.9 Å². The molecule has 2 aromatic rings. The van der Waals surface area contributed by atoms with Gasteiger partial charge in [0.2, 0.25) is 5.95 Å². The molecule has 0 saturated heterocycles. The van der Waals surface area contributed by atoms with E-state index in [1.165, 1.54) is 0 Å². The third-order valence-electron chi connectivity index (χ3n) is 3.57. The van der Waals surface area contributed by atoms with Crippen LogP contribution in [0.2, 0.25) is 0 Å². The molecule has 1 aliphatic heterocycles. The highest BCUT2D eigenvalue weighted by Gasteiger charge is 2.29. The molecule has 1 aromatic carbocycles. The lowest BCUT2D eigenvalue weighted by molar-refractivity contribution is 0.370. The van der Waals surface area contributed by atoms with E-state index in [-0.39, 0.29) is 5.92 Å². The van der Waals surface area contributed by atoms with Crippen LogP contribution >= 0.6 is 0 Å². The highest BCUT2D eigenvalue weighted by Crippen LogP contribution is 2.38. The molecule has 94 valence electrons. The fourth-order valence-electron chi connectivity index (χ4n) is 2.74. The largest absolute Gasteiger partial charge is 0.508 e. The van der Waals surface area contributed by atoms with Gasteiger partial charge in [-0.2, -0.15) is 4.98 Å². The van der Waals surface area contributed by atoms with Gasteiger partial charge < -0.3 is 10.8 Å². The van der Waals surface area contributed by atoms with Crippen LogP contribution in [0.3, 0.4) is 0 Å². The topological polar surface area (TPSA) is 77.0 Å².